The average molecular weight is 324 g/mol. The minimum atomic E-state index is 0.660. The molecule has 2 aromatic heterocycles. The maximum atomic E-state index is 5.52. The molecule has 116 valence electrons. The number of hydrogen-bond donors (Lipinski definition) is 2. The lowest BCUT2D eigenvalue weighted by Crippen LogP contribution is -1.90. The Hall–Kier alpha value is -2.47. The summed E-state index contributed by atoms with van der Waals surface area (Å²) in [6.07, 6.45) is 0. The first-order valence-corrected chi connectivity index (χ1v) is 8.49. The highest BCUT2D eigenvalue weighted by Crippen LogP contribution is 2.25. The average Bonchev–Trinajstić information content (AvgIpc) is 3.15. The van der Waals surface area contributed by atoms with Crippen LogP contribution in [0.1, 0.15) is 12.7 Å². The molecule has 6 heteroatoms. The molecule has 2 heterocycles. The predicted octanol–water partition coefficient (Wildman–Crippen LogP) is 4.13. The Balaban J connectivity index is 1.52. The molecule has 0 spiro atoms. The van der Waals surface area contributed by atoms with E-state index in [0.717, 1.165) is 44.6 Å². The summed E-state index contributed by atoms with van der Waals surface area (Å²) in [6, 6.07) is 13.9. The molecule has 0 atom stereocenters. The van der Waals surface area contributed by atoms with Crippen molar-refractivity contribution in [1.29, 1.82) is 0 Å². The standard InChI is InChI=1S/C17H16N4OS/c1-2-22-11-7-8-14-15(9-11)21-17(20-14)23-10-16-18-12-5-3-4-6-13(12)19-16/h3-9H,2,10H2,1H3,(H,18,19)(H,20,21). The summed E-state index contributed by atoms with van der Waals surface area (Å²) in [5, 5.41) is 0.883. The Morgan fingerprint density at radius 1 is 1.00 bits per heavy atom. The van der Waals surface area contributed by atoms with Gasteiger partial charge in [-0.1, -0.05) is 23.9 Å². The van der Waals surface area contributed by atoms with Crippen LogP contribution in [0.4, 0.5) is 0 Å². The van der Waals surface area contributed by atoms with E-state index in [1.807, 2.05) is 49.4 Å². The molecule has 0 aliphatic rings. The van der Waals surface area contributed by atoms with Gasteiger partial charge in [0.1, 0.15) is 11.6 Å². The lowest BCUT2D eigenvalue weighted by molar-refractivity contribution is 0.340. The minimum Gasteiger partial charge on any atom is -0.494 e. The first-order chi connectivity index (χ1) is 11.3. The number of thioether (sulfide) groups is 1. The molecule has 2 aromatic carbocycles. The van der Waals surface area contributed by atoms with E-state index in [9.17, 15) is 0 Å². The van der Waals surface area contributed by atoms with Gasteiger partial charge >= 0.3 is 0 Å². The van der Waals surface area contributed by atoms with Gasteiger partial charge < -0.3 is 14.7 Å². The summed E-state index contributed by atoms with van der Waals surface area (Å²) in [5.74, 6) is 2.55. The van der Waals surface area contributed by atoms with Gasteiger partial charge in [-0.25, -0.2) is 9.97 Å². The Morgan fingerprint density at radius 3 is 2.74 bits per heavy atom. The van der Waals surface area contributed by atoms with Crippen LogP contribution >= 0.6 is 11.8 Å². The van der Waals surface area contributed by atoms with Crippen LogP contribution in [0.25, 0.3) is 22.1 Å². The Bertz CT molecular complexity index is 926. The predicted molar refractivity (Wildman–Crippen MR) is 92.9 cm³/mol. The molecule has 0 aliphatic carbocycles. The molecule has 4 rings (SSSR count). The molecule has 0 unspecified atom stereocenters. The fraction of sp³-hybridized carbons (Fsp3) is 0.176. The molecule has 0 saturated heterocycles. The Kier molecular flexibility index (Phi) is 3.67. The molecular formula is C17H16N4OS. The number of nitrogens with one attached hydrogen (secondary N) is 2. The maximum Gasteiger partial charge on any atom is 0.166 e. The maximum absolute atomic E-state index is 5.52. The number of fused-ring (bicyclic) bond motifs is 2. The zero-order chi connectivity index (χ0) is 15.6. The number of hydrogen-bond acceptors (Lipinski definition) is 4. The smallest absolute Gasteiger partial charge is 0.166 e. The van der Waals surface area contributed by atoms with Gasteiger partial charge in [-0.2, -0.15) is 0 Å². The quantitative estimate of drug-likeness (QED) is 0.542. The molecule has 2 N–H and O–H groups in total. The van der Waals surface area contributed by atoms with E-state index < -0.39 is 0 Å². The van der Waals surface area contributed by atoms with Gasteiger partial charge in [-0.05, 0) is 31.2 Å². The summed E-state index contributed by atoms with van der Waals surface area (Å²) in [4.78, 5) is 15.8. The van der Waals surface area contributed by atoms with E-state index in [1.54, 1.807) is 11.8 Å². The zero-order valence-corrected chi connectivity index (χ0v) is 13.5. The van der Waals surface area contributed by atoms with Crippen LogP contribution in [0.3, 0.4) is 0 Å². The summed E-state index contributed by atoms with van der Waals surface area (Å²) >= 11 is 1.63. The number of aromatic nitrogens is 4. The van der Waals surface area contributed by atoms with E-state index in [4.69, 9.17) is 4.74 Å². The number of rotatable bonds is 5. The summed E-state index contributed by atoms with van der Waals surface area (Å²) < 4.78 is 5.52. The van der Waals surface area contributed by atoms with Crippen molar-refractivity contribution in [3.8, 4) is 5.75 Å². The molecule has 4 aromatic rings. The van der Waals surface area contributed by atoms with E-state index >= 15 is 0 Å². The van der Waals surface area contributed by atoms with Crippen molar-refractivity contribution >= 4 is 33.8 Å². The van der Waals surface area contributed by atoms with Gasteiger partial charge in [0.2, 0.25) is 0 Å². The second-order valence-electron chi connectivity index (χ2n) is 5.14. The molecule has 5 nitrogen and oxygen atoms in total. The largest absolute Gasteiger partial charge is 0.494 e. The third-order valence-corrected chi connectivity index (χ3v) is 4.41. The third kappa shape index (κ3) is 2.90. The number of imidazole rings is 2. The van der Waals surface area contributed by atoms with E-state index in [0.29, 0.717) is 6.61 Å². The minimum absolute atomic E-state index is 0.660. The number of H-pyrrole nitrogens is 2. The van der Waals surface area contributed by atoms with Crippen molar-refractivity contribution in [2.24, 2.45) is 0 Å². The first-order valence-electron chi connectivity index (χ1n) is 7.51. The van der Waals surface area contributed by atoms with Crippen LogP contribution in [0.15, 0.2) is 47.6 Å². The molecule has 0 aliphatic heterocycles. The zero-order valence-electron chi connectivity index (χ0n) is 12.7. The van der Waals surface area contributed by atoms with Gasteiger partial charge in [-0.3, -0.25) is 0 Å². The normalized spacial score (nSPS) is 11.3. The molecular weight excluding hydrogens is 308 g/mol. The third-order valence-electron chi connectivity index (χ3n) is 3.53. The number of para-hydroxylation sites is 2. The van der Waals surface area contributed by atoms with Gasteiger partial charge in [0.05, 0.1) is 34.4 Å². The highest BCUT2D eigenvalue weighted by Gasteiger charge is 2.07. The summed E-state index contributed by atoms with van der Waals surface area (Å²) in [5.41, 5.74) is 3.99. The number of aromatic amines is 2. The highest BCUT2D eigenvalue weighted by molar-refractivity contribution is 7.98. The van der Waals surface area contributed by atoms with E-state index in [2.05, 4.69) is 19.9 Å². The van der Waals surface area contributed by atoms with Crippen molar-refractivity contribution in [2.45, 2.75) is 17.8 Å². The molecule has 0 fully saturated rings. The Labute approximate surface area is 137 Å². The van der Waals surface area contributed by atoms with E-state index in [1.165, 1.54) is 0 Å². The SMILES string of the molecule is CCOc1ccc2nc(SCc3nc4ccccc4[nH]3)[nH]c2c1. The Morgan fingerprint density at radius 2 is 1.87 bits per heavy atom. The second-order valence-corrected chi connectivity index (χ2v) is 6.11. The summed E-state index contributed by atoms with van der Waals surface area (Å²) in [7, 11) is 0. The van der Waals surface area contributed by atoms with Crippen LogP contribution in [-0.2, 0) is 5.75 Å². The fourth-order valence-electron chi connectivity index (χ4n) is 2.50. The van der Waals surface area contributed by atoms with Crippen LogP contribution < -0.4 is 4.74 Å². The van der Waals surface area contributed by atoms with Crippen molar-refractivity contribution in [2.75, 3.05) is 6.61 Å². The van der Waals surface area contributed by atoms with Crippen LogP contribution in [0, 0.1) is 0 Å². The van der Waals surface area contributed by atoms with Crippen molar-refractivity contribution in [1.82, 2.24) is 19.9 Å². The summed E-state index contributed by atoms with van der Waals surface area (Å²) in [6.45, 7) is 2.64. The lowest BCUT2D eigenvalue weighted by Gasteiger charge is -2.00. The van der Waals surface area contributed by atoms with Gasteiger partial charge in [0.15, 0.2) is 5.16 Å². The lowest BCUT2D eigenvalue weighted by atomic mass is 10.3. The molecule has 0 amide bonds. The highest BCUT2D eigenvalue weighted by atomic mass is 32.2. The number of benzene rings is 2. The van der Waals surface area contributed by atoms with Gasteiger partial charge in [-0.15, -0.1) is 0 Å². The molecule has 23 heavy (non-hydrogen) atoms. The topological polar surface area (TPSA) is 66.6 Å². The monoisotopic (exact) mass is 324 g/mol. The second kappa shape index (κ2) is 5.96. The van der Waals surface area contributed by atoms with Crippen LogP contribution in [-0.4, -0.2) is 26.5 Å². The van der Waals surface area contributed by atoms with Crippen LogP contribution in [0.5, 0.6) is 5.75 Å². The van der Waals surface area contributed by atoms with Gasteiger partial charge in [0, 0.05) is 6.07 Å². The van der Waals surface area contributed by atoms with Crippen molar-refractivity contribution in [3.05, 3.63) is 48.3 Å². The van der Waals surface area contributed by atoms with Gasteiger partial charge in [0.25, 0.3) is 0 Å². The number of nitrogens with zero attached hydrogens (tertiary/aromatic N) is 2. The molecule has 0 radical (unpaired) electrons. The molecule has 0 saturated carbocycles. The van der Waals surface area contributed by atoms with E-state index in [-0.39, 0.29) is 0 Å². The first kappa shape index (κ1) is 14.1. The van der Waals surface area contributed by atoms with Crippen molar-refractivity contribution in [3.63, 3.8) is 0 Å². The fourth-order valence-corrected chi connectivity index (χ4v) is 3.26. The van der Waals surface area contributed by atoms with Crippen molar-refractivity contribution < 1.29 is 4.74 Å². The molecule has 0 bridgehead atoms. The number of ether oxygens (including phenoxy) is 1. The van der Waals surface area contributed by atoms with Crippen LogP contribution in [0.2, 0.25) is 0 Å².